The molecule has 3 aromatic rings. The van der Waals surface area contributed by atoms with Gasteiger partial charge < -0.3 is 19.7 Å². The van der Waals surface area contributed by atoms with Crippen LogP contribution in [0.2, 0.25) is 0 Å². The first kappa shape index (κ1) is 19.4. The molecular weight excluding hydrogens is 392 g/mol. The van der Waals surface area contributed by atoms with Gasteiger partial charge in [-0.05, 0) is 24.6 Å². The zero-order valence-corrected chi connectivity index (χ0v) is 17.4. The van der Waals surface area contributed by atoms with E-state index in [9.17, 15) is 14.4 Å². The maximum atomic E-state index is 13.4. The van der Waals surface area contributed by atoms with Gasteiger partial charge >= 0.3 is 0 Å². The van der Waals surface area contributed by atoms with Crippen LogP contribution in [0, 0.1) is 6.92 Å². The van der Waals surface area contributed by atoms with Crippen LogP contribution >= 0.6 is 0 Å². The summed E-state index contributed by atoms with van der Waals surface area (Å²) in [5, 5.41) is 1.06. The van der Waals surface area contributed by atoms with Gasteiger partial charge in [-0.3, -0.25) is 14.4 Å². The fourth-order valence-electron chi connectivity index (χ4n) is 4.82. The topological polar surface area (TPSA) is 76.7 Å². The van der Waals surface area contributed by atoms with E-state index in [1.807, 2.05) is 49.4 Å². The molecule has 3 amide bonds. The van der Waals surface area contributed by atoms with Crippen LogP contribution < -0.4 is 0 Å². The number of H-pyrrole nitrogens is 1. The number of hydrogen-bond donors (Lipinski definition) is 1. The third-order valence-corrected chi connectivity index (χ3v) is 6.40. The Balaban J connectivity index is 1.52. The van der Waals surface area contributed by atoms with Crippen molar-refractivity contribution in [3.63, 3.8) is 0 Å². The Hall–Kier alpha value is -3.61. The third kappa shape index (κ3) is 3.17. The number of rotatable bonds is 4. The van der Waals surface area contributed by atoms with Crippen molar-refractivity contribution in [3.05, 3.63) is 70.9 Å². The molecule has 7 nitrogen and oxygen atoms in total. The van der Waals surface area contributed by atoms with Crippen LogP contribution in [0.1, 0.15) is 33.2 Å². The van der Waals surface area contributed by atoms with Crippen molar-refractivity contribution < 1.29 is 14.4 Å². The van der Waals surface area contributed by atoms with E-state index < -0.39 is 0 Å². The summed E-state index contributed by atoms with van der Waals surface area (Å²) in [6.45, 7) is 4.05. The standard InChI is InChI=1S/C24H24N4O3/c1-16-22(19-8-4-5-9-20(19)25-16)23-17-6-2-3-7-18(17)24(31)28(23)14-21(30)27-12-10-26(15-29)11-13-27/h2-9,15,23,25H,10-14H2,1H3/t23-/m1/s1. The third-order valence-electron chi connectivity index (χ3n) is 6.40. The van der Waals surface area contributed by atoms with Crippen molar-refractivity contribution in [1.82, 2.24) is 19.7 Å². The fourth-order valence-corrected chi connectivity index (χ4v) is 4.82. The normalized spacial score (nSPS) is 18.5. The van der Waals surface area contributed by atoms with Crippen LogP contribution in [0.15, 0.2) is 48.5 Å². The average Bonchev–Trinajstić information content (AvgIpc) is 3.27. The maximum absolute atomic E-state index is 13.4. The van der Waals surface area contributed by atoms with Crippen molar-refractivity contribution in [2.75, 3.05) is 32.7 Å². The highest BCUT2D eigenvalue weighted by atomic mass is 16.2. The molecule has 5 rings (SSSR count). The molecule has 158 valence electrons. The summed E-state index contributed by atoms with van der Waals surface area (Å²) in [6, 6.07) is 15.3. The minimum Gasteiger partial charge on any atom is -0.358 e. The number of fused-ring (bicyclic) bond motifs is 2. The molecule has 3 heterocycles. The van der Waals surface area contributed by atoms with E-state index in [0.29, 0.717) is 31.7 Å². The first-order valence-corrected chi connectivity index (χ1v) is 10.5. The molecule has 1 N–H and O–H groups in total. The van der Waals surface area contributed by atoms with Gasteiger partial charge in [0.25, 0.3) is 5.91 Å². The quantitative estimate of drug-likeness (QED) is 0.663. The molecule has 7 heteroatoms. The van der Waals surface area contributed by atoms with Gasteiger partial charge in [-0.2, -0.15) is 0 Å². The van der Waals surface area contributed by atoms with Gasteiger partial charge in [0.15, 0.2) is 0 Å². The summed E-state index contributed by atoms with van der Waals surface area (Å²) in [7, 11) is 0. The molecule has 0 spiro atoms. The van der Waals surface area contributed by atoms with Gasteiger partial charge in [-0.15, -0.1) is 0 Å². The summed E-state index contributed by atoms with van der Waals surface area (Å²) >= 11 is 0. The zero-order chi connectivity index (χ0) is 21.5. The number of carbonyl (C=O) groups excluding carboxylic acids is 3. The summed E-state index contributed by atoms with van der Waals surface area (Å²) in [5.74, 6) is -0.209. The number of carbonyl (C=O) groups is 3. The summed E-state index contributed by atoms with van der Waals surface area (Å²) in [5.41, 5.74) is 4.62. The molecular formula is C24H24N4O3. The van der Waals surface area contributed by atoms with Crippen LogP contribution in [0.3, 0.4) is 0 Å². The van der Waals surface area contributed by atoms with Crippen LogP contribution in [0.5, 0.6) is 0 Å². The number of nitrogens with zero attached hydrogens (tertiary/aromatic N) is 3. The van der Waals surface area contributed by atoms with Crippen molar-refractivity contribution in [3.8, 4) is 0 Å². The summed E-state index contributed by atoms with van der Waals surface area (Å²) < 4.78 is 0. The van der Waals surface area contributed by atoms with Crippen molar-refractivity contribution in [2.24, 2.45) is 0 Å². The lowest BCUT2D eigenvalue weighted by molar-refractivity contribution is -0.135. The van der Waals surface area contributed by atoms with E-state index in [1.165, 1.54) is 0 Å². The number of nitrogens with one attached hydrogen (secondary N) is 1. The van der Waals surface area contributed by atoms with E-state index >= 15 is 0 Å². The van der Waals surface area contributed by atoms with E-state index in [1.54, 1.807) is 14.7 Å². The van der Waals surface area contributed by atoms with E-state index in [-0.39, 0.29) is 24.4 Å². The molecule has 2 aliphatic heterocycles. The van der Waals surface area contributed by atoms with Gasteiger partial charge in [0.2, 0.25) is 12.3 Å². The van der Waals surface area contributed by atoms with E-state index in [4.69, 9.17) is 0 Å². The SMILES string of the molecule is Cc1[nH]c2ccccc2c1[C@H]1c2ccccc2C(=O)N1CC(=O)N1CCN(C=O)CC1. The van der Waals surface area contributed by atoms with Gasteiger partial charge in [0.1, 0.15) is 6.54 Å². The molecule has 1 aromatic heterocycles. The van der Waals surface area contributed by atoms with Gasteiger partial charge in [-0.1, -0.05) is 36.4 Å². The van der Waals surface area contributed by atoms with Crippen LogP contribution in [-0.4, -0.2) is 70.6 Å². The molecule has 1 atom stereocenters. The lowest BCUT2D eigenvalue weighted by Crippen LogP contribution is -2.51. The number of aryl methyl sites for hydroxylation is 1. The molecule has 1 saturated heterocycles. The molecule has 31 heavy (non-hydrogen) atoms. The van der Waals surface area contributed by atoms with Crippen LogP contribution in [0.4, 0.5) is 0 Å². The smallest absolute Gasteiger partial charge is 0.255 e. The lowest BCUT2D eigenvalue weighted by atomic mass is 9.95. The Morgan fingerprint density at radius 1 is 1.06 bits per heavy atom. The predicted molar refractivity (Wildman–Crippen MR) is 117 cm³/mol. The fraction of sp³-hybridized carbons (Fsp3) is 0.292. The second kappa shape index (κ2) is 7.58. The van der Waals surface area contributed by atoms with Gasteiger partial charge in [-0.25, -0.2) is 0 Å². The number of aromatic amines is 1. The Kier molecular flexibility index (Phi) is 4.73. The number of para-hydroxylation sites is 1. The highest BCUT2D eigenvalue weighted by Gasteiger charge is 2.41. The van der Waals surface area contributed by atoms with Crippen LogP contribution in [-0.2, 0) is 9.59 Å². The molecule has 1 fully saturated rings. The molecule has 2 aromatic carbocycles. The summed E-state index contributed by atoms with van der Waals surface area (Å²) in [6.07, 6.45) is 0.818. The molecule has 0 radical (unpaired) electrons. The number of piperazine rings is 1. The second-order valence-electron chi connectivity index (χ2n) is 8.15. The highest BCUT2D eigenvalue weighted by Crippen LogP contribution is 2.42. The minimum atomic E-state index is -0.319. The molecule has 0 saturated carbocycles. The van der Waals surface area contributed by atoms with E-state index in [2.05, 4.69) is 11.1 Å². The molecule has 0 unspecified atom stereocenters. The molecule has 0 bridgehead atoms. The Morgan fingerprint density at radius 2 is 1.77 bits per heavy atom. The van der Waals surface area contributed by atoms with Crippen molar-refractivity contribution >= 4 is 29.1 Å². The zero-order valence-electron chi connectivity index (χ0n) is 17.4. The number of benzene rings is 2. The van der Waals surface area contributed by atoms with Crippen molar-refractivity contribution in [2.45, 2.75) is 13.0 Å². The van der Waals surface area contributed by atoms with Crippen LogP contribution in [0.25, 0.3) is 10.9 Å². The number of amides is 3. The average molecular weight is 416 g/mol. The van der Waals surface area contributed by atoms with Gasteiger partial charge in [0.05, 0.1) is 6.04 Å². The minimum absolute atomic E-state index is 0.0121. The first-order valence-electron chi connectivity index (χ1n) is 10.5. The summed E-state index contributed by atoms with van der Waals surface area (Å²) in [4.78, 5) is 46.0. The predicted octanol–water partition coefficient (Wildman–Crippen LogP) is 2.32. The molecule has 2 aliphatic rings. The van der Waals surface area contributed by atoms with E-state index in [0.717, 1.165) is 34.1 Å². The second-order valence-corrected chi connectivity index (χ2v) is 8.15. The highest BCUT2D eigenvalue weighted by molar-refractivity contribution is 6.02. The Bertz CT molecular complexity index is 1180. The molecule has 0 aliphatic carbocycles. The monoisotopic (exact) mass is 416 g/mol. The Morgan fingerprint density at radius 3 is 2.55 bits per heavy atom. The number of hydrogen-bond acceptors (Lipinski definition) is 3. The first-order chi connectivity index (χ1) is 15.1. The lowest BCUT2D eigenvalue weighted by Gasteiger charge is -2.34. The largest absolute Gasteiger partial charge is 0.358 e. The van der Waals surface area contributed by atoms with Crippen molar-refractivity contribution in [1.29, 1.82) is 0 Å². The maximum Gasteiger partial charge on any atom is 0.255 e. The Labute approximate surface area is 180 Å². The number of aromatic nitrogens is 1. The van der Waals surface area contributed by atoms with Gasteiger partial charge in [0, 0.05) is 53.9 Å².